The molecule has 0 amide bonds. The third kappa shape index (κ3) is 2.39. The molecule has 0 fully saturated rings. The van der Waals surface area contributed by atoms with E-state index in [1.54, 1.807) is 17.1 Å². The Morgan fingerprint density at radius 2 is 2.46 bits per heavy atom. The zero-order valence-corrected chi connectivity index (χ0v) is 8.15. The summed E-state index contributed by atoms with van der Waals surface area (Å²) in [6.07, 6.45) is 3.14. The van der Waals surface area contributed by atoms with Gasteiger partial charge in [0.25, 0.3) is 0 Å². The summed E-state index contributed by atoms with van der Waals surface area (Å²) in [5.41, 5.74) is 0.617. The number of hydrogen-bond donors (Lipinski definition) is 0. The van der Waals surface area contributed by atoms with Gasteiger partial charge in [0.15, 0.2) is 5.78 Å². The minimum absolute atomic E-state index is 0.0231. The van der Waals surface area contributed by atoms with Crippen LogP contribution in [0.3, 0.4) is 0 Å². The molecule has 0 aromatic carbocycles. The maximum absolute atomic E-state index is 10.9. The van der Waals surface area contributed by atoms with Gasteiger partial charge in [0.2, 0.25) is 0 Å². The predicted octanol–water partition coefficient (Wildman–Crippen LogP) is 1.64. The van der Waals surface area contributed by atoms with Crippen LogP contribution >= 0.6 is 0 Å². The van der Waals surface area contributed by atoms with Crippen LogP contribution in [0.15, 0.2) is 12.4 Å². The quantitative estimate of drug-likeness (QED) is 0.665. The largest absolute Gasteiger partial charge is 0.357 e. The van der Waals surface area contributed by atoms with Gasteiger partial charge in [-0.05, 0) is 20.8 Å². The zero-order valence-electron chi connectivity index (χ0n) is 8.15. The van der Waals surface area contributed by atoms with Crippen molar-refractivity contribution < 1.29 is 9.53 Å². The Labute approximate surface area is 77.5 Å². The molecule has 1 heterocycles. The van der Waals surface area contributed by atoms with Crippen LogP contribution in [0.2, 0.25) is 0 Å². The van der Waals surface area contributed by atoms with Gasteiger partial charge in [0, 0.05) is 12.8 Å². The van der Waals surface area contributed by atoms with E-state index in [0.717, 1.165) is 0 Å². The molecule has 1 unspecified atom stereocenters. The molecule has 4 nitrogen and oxygen atoms in total. The molecule has 0 aliphatic heterocycles. The van der Waals surface area contributed by atoms with E-state index >= 15 is 0 Å². The van der Waals surface area contributed by atoms with E-state index in [9.17, 15) is 4.79 Å². The maximum atomic E-state index is 10.9. The van der Waals surface area contributed by atoms with Crippen molar-refractivity contribution in [2.24, 2.45) is 0 Å². The minimum Gasteiger partial charge on any atom is -0.357 e. The minimum atomic E-state index is -0.113. The molecule has 1 rings (SSSR count). The van der Waals surface area contributed by atoms with Gasteiger partial charge < -0.3 is 4.74 Å². The molecule has 1 aromatic heterocycles. The predicted molar refractivity (Wildman–Crippen MR) is 48.6 cm³/mol. The summed E-state index contributed by atoms with van der Waals surface area (Å²) in [5.74, 6) is 0.0231. The Bertz CT molecular complexity index is 294. The van der Waals surface area contributed by atoms with Crippen molar-refractivity contribution >= 4 is 5.78 Å². The lowest BCUT2D eigenvalue weighted by atomic mass is 10.3. The monoisotopic (exact) mass is 182 g/mol. The van der Waals surface area contributed by atoms with Crippen LogP contribution < -0.4 is 0 Å². The van der Waals surface area contributed by atoms with Crippen molar-refractivity contribution in [2.75, 3.05) is 6.61 Å². The van der Waals surface area contributed by atoms with Crippen molar-refractivity contribution in [3.63, 3.8) is 0 Å². The summed E-state index contributed by atoms with van der Waals surface area (Å²) in [4.78, 5) is 10.9. The standard InChI is InChI=1S/C9H14N2O2/c1-4-13-8(3)11-6-9(5-10-11)7(2)12/h5-6,8H,4H2,1-3H3. The Balaban J connectivity index is 2.73. The number of aromatic nitrogens is 2. The Morgan fingerprint density at radius 3 is 2.92 bits per heavy atom. The van der Waals surface area contributed by atoms with Crippen LogP contribution in [0.4, 0.5) is 0 Å². The molecule has 0 aliphatic carbocycles. The molecule has 0 bridgehead atoms. The van der Waals surface area contributed by atoms with Crippen molar-refractivity contribution in [1.82, 2.24) is 9.78 Å². The van der Waals surface area contributed by atoms with Crippen LogP contribution in [-0.2, 0) is 4.74 Å². The molecule has 0 saturated heterocycles. The number of nitrogens with zero attached hydrogens (tertiary/aromatic N) is 2. The summed E-state index contributed by atoms with van der Waals surface area (Å²) in [7, 11) is 0. The van der Waals surface area contributed by atoms with Gasteiger partial charge in [-0.2, -0.15) is 5.10 Å². The smallest absolute Gasteiger partial charge is 0.162 e. The number of carbonyl (C=O) groups excluding carboxylic acids is 1. The summed E-state index contributed by atoms with van der Waals surface area (Å²) >= 11 is 0. The number of rotatable bonds is 4. The highest BCUT2D eigenvalue weighted by Gasteiger charge is 2.07. The highest BCUT2D eigenvalue weighted by atomic mass is 16.5. The lowest BCUT2D eigenvalue weighted by Crippen LogP contribution is -2.09. The molecule has 13 heavy (non-hydrogen) atoms. The number of ether oxygens (including phenoxy) is 1. The summed E-state index contributed by atoms with van der Waals surface area (Å²) < 4.78 is 6.95. The number of hydrogen-bond acceptors (Lipinski definition) is 3. The third-order valence-corrected chi connectivity index (χ3v) is 1.79. The molecular weight excluding hydrogens is 168 g/mol. The molecular formula is C9H14N2O2. The van der Waals surface area contributed by atoms with Gasteiger partial charge >= 0.3 is 0 Å². The molecule has 0 N–H and O–H groups in total. The first-order valence-electron chi connectivity index (χ1n) is 4.31. The number of Topliss-reactive ketones (excluding diaryl/α,β-unsaturated/α-hetero) is 1. The second kappa shape index (κ2) is 4.18. The van der Waals surface area contributed by atoms with E-state index < -0.39 is 0 Å². The van der Waals surface area contributed by atoms with E-state index in [1.165, 1.54) is 6.92 Å². The highest BCUT2D eigenvalue weighted by Crippen LogP contribution is 2.07. The van der Waals surface area contributed by atoms with Gasteiger partial charge in [-0.1, -0.05) is 0 Å². The van der Waals surface area contributed by atoms with E-state index in [-0.39, 0.29) is 12.0 Å². The lowest BCUT2D eigenvalue weighted by molar-refractivity contribution is 0.0159. The number of carbonyl (C=O) groups is 1. The molecule has 4 heteroatoms. The van der Waals surface area contributed by atoms with Gasteiger partial charge in [0.1, 0.15) is 6.23 Å². The van der Waals surface area contributed by atoms with Crippen molar-refractivity contribution in [3.8, 4) is 0 Å². The molecule has 1 atom stereocenters. The second-order valence-corrected chi connectivity index (χ2v) is 2.82. The molecule has 0 aliphatic rings. The maximum Gasteiger partial charge on any atom is 0.162 e. The lowest BCUT2D eigenvalue weighted by Gasteiger charge is -2.10. The van der Waals surface area contributed by atoms with Gasteiger partial charge in [-0.3, -0.25) is 4.79 Å². The Kier molecular flexibility index (Phi) is 3.19. The van der Waals surface area contributed by atoms with Crippen LogP contribution in [0.25, 0.3) is 0 Å². The van der Waals surface area contributed by atoms with Crippen LogP contribution in [0, 0.1) is 0 Å². The van der Waals surface area contributed by atoms with Crippen molar-refractivity contribution in [1.29, 1.82) is 0 Å². The summed E-state index contributed by atoms with van der Waals surface area (Å²) in [6.45, 7) is 5.97. The van der Waals surface area contributed by atoms with Crippen LogP contribution in [0.1, 0.15) is 37.4 Å². The van der Waals surface area contributed by atoms with Crippen LogP contribution in [-0.4, -0.2) is 22.2 Å². The molecule has 1 aromatic rings. The highest BCUT2D eigenvalue weighted by molar-refractivity contribution is 5.93. The van der Waals surface area contributed by atoms with E-state index in [0.29, 0.717) is 12.2 Å². The van der Waals surface area contributed by atoms with Gasteiger partial charge in [-0.25, -0.2) is 4.68 Å². The van der Waals surface area contributed by atoms with E-state index in [4.69, 9.17) is 4.74 Å². The molecule has 72 valence electrons. The molecule has 0 saturated carbocycles. The first-order chi connectivity index (χ1) is 6.15. The van der Waals surface area contributed by atoms with Crippen LogP contribution in [0.5, 0.6) is 0 Å². The zero-order chi connectivity index (χ0) is 9.84. The fraction of sp³-hybridized carbons (Fsp3) is 0.556. The van der Waals surface area contributed by atoms with Crippen molar-refractivity contribution in [3.05, 3.63) is 18.0 Å². The van der Waals surface area contributed by atoms with Gasteiger partial charge in [0.05, 0.1) is 11.8 Å². The summed E-state index contributed by atoms with van der Waals surface area (Å²) in [6, 6.07) is 0. The van der Waals surface area contributed by atoms with E-state index in [2.05, 4.69) is 5.10 Å². The topological polar surface area (TPSA) is 44.1 Å². The molecule has 0 spiro atoms. The van der Waals surface area contributed by atoms with E-state index in [1.807, 2.05) is 13.8 Å². The fourth-order valence-corrected chi connectivity index (χ4v) is 1.04. The van der Waals surface area contributed by atoms with Crippen molar-refractivity contribution in [2.45, 2.75) is 27.0 Å². The third-order valence-electron chi connectivity index (χ3n) is 1.79. The second-order valence-electron chi connectivity index (χ2n) is 2.82. The first kappa shape index (κ1) is 9.92. The summed E-state index contributed by atoms with van der Waals surface area (Å²) in [5, 5.41) is 4.03. The first-order valence-corrected chi connectivity index (χ1v) is 4.31. The molecule has 0 radical (unpaired) electrons. The average molecular weight is 182 g/mol. The number of ketones is 1. The normalized spacial score (nSPS) is 12.8. The SMILES string of the molecule is CCOC(C)n1cc(C(C)=O)cn1. The Morgan fingerprint density at radius 1 is 1.77 bits per heavy atom. The Hall–Kier alpha value is -1.16. The average Bonchev–Trinajstić information content (AvgIpc) is 2.52. The fourth-order valence-electron chi connectivity index (χ4n) is 1.04. The van der Waals surface area contributed by atoms with Gasteiger partial charge in [-0.15, -0.1) is 0 Å².